The lowest BCUT2D eigenvalue weighted by Crippen LogP contribution is -2.29. The monoisotopic (exact) mass is 275 g/mol. The van der Waals surface area contributed by atoms with E-state index in [4.69, 9.17) is 0 Å². The number of hydrogen-bond acceptors (Lipinski definition) is 6. The van der Waals surface area contributed by atoms with Gasteiger partial charge < -0.3 is 15.5 Å². The molecule has 1 aliphatic rings. The molecule has 0 aliphatic carbocycles. The third-order valence-electron chi connectivity index (χ3n) is 3.24. The lowest BCUT2D eigenvalue weighted by atomic mass is 10.3. The Balaban J connectivity index is 1.99. The van der Waals surface area contributed by atoms with E-state index in [9.17, 15) is 4.79 Å². The molecule has 106 valence electrons. The minimum Gasteiger partial charge on any atom is -0.354 e. The zero-order valence-corrected chi connectivity index (χ0v) is 11.3. The van der Waals surface area contributed by atoms with Gasteiger partial charge in [-0.1, -0.05) is 0 Å². The normalized spacial score (nSPS) is 16.1. The number of aromatic amines is 1. The topological polar surface area (TPSA) is 98.8 Å². The molecule has 2 aromatic rings. The first-order chi connectivity index (χ1) is 9.78. The van der Waals surface area contributed by atoms with Crippen LogP contribution in [0.15, 0.2) is 6.20 Å². The van der Waals surface area contributed by atoms with Gasteiger partial charge in [-0.2, -0.15) is 15.1 Å². The molecule has 0 spiro atoms. The highest BCUT2D eigenvalue weighted by Gasteiger charge is 2.19. The fourth-order valence-corrected chi connectivity index (χ4v) is 2.28. The Morgan fingerprint density at radius 1 is 1.40 bits per heavy atom. The van der Waals surface area contributed by atoms with Crippen molar-refractivity contribution in [3.63, 3.8) is 0 Å². The first-order valence-electron chi connectivity index (χ1n) is 6.74. The van der Waals surface area contributed by atoms with Crippen LogP contribution in [0.5, 0.6) is 0 Å². The molecule has 0 aromatic carbocycles. The van der Waals surface area contributed by atoms with Gasteiger partial charge in [0.1, 0.15) is 5.82 Å². The van der Waals surface area contributed by atoms with Crippen LogP contribution in [0.25, 0.3) is 11.0 Å². The number of H-pyrrole nitrogens is 1. The van der Waals surface area contributed by atoms with Crippen molar-refractivity contribution in [2.24, 2.45) is 0 Å². The first kappa shape index (κ1) is 12.6. The van der Waals surface area contributed by atoms with Crippen LogP contribution in [-0.2, 0) is 4.79 Å². The second-order valence-corrected chi connectivity index (χ2v) is 4.62. The van der Waals surface area contributed by atoms with E-state index in [-0.39, 0.29) is 5.91 Å². The predicted octanol–water partition coefficient (Wildman–Crippen LogP) is 0.111. The fraction of sp³-hybridized carbons (Fsp3) is 0.500. The molecule has 20 heavy (non-hydrogen) atoms. The highest BCUT2D eigenvalue weighted by molar-refractivity contribution is 5.88. The summed E-state index contributed by atoms with van der Waals surface area (Å²) in [6.45, 7) is 4.75. The van der Waals surface area contributed by atoms with Gasteiger partial charge in [-0.15, -0.1) is 0 Å². The van der Waals surface area contributed by atoms with Crippen molar-refractivity contribution in [3.05, 3.63) is 6.20 Å². The highest BCUT2D eigenvalue weighted by atomic mass is 16.1. The number of amides is 1. The van der Waals surface area contributed by atoms with Crippen LogP contribution in [0.3, 0.4) is 0 Å². The number of nitrogens with zero attached hydrogens (tertiary/aromatic N) is 4. The number of carbonyl (C=O) groups is 1. The van der Waals surface area contributed by atoms with E-state index in [0.29, 0.717) is 31.1 Å². The maximum Gasteiger partial charge on any atom is 0.226 e. The van der Waals surface area contributed by atoms with Gasteiger partial charge in [0.15, 0.2) is 5.65 Å². The van der Waals surface area contributed by atoms with Crippen molar-refractivity contribution in [1.82, 2.24) is 25.5 Å². The number of hydrogen-bond donors (Lipinski definition) is 3. The van der Waals surface area contributed by atoms with Crippen molar-refractivity contribution in [1.29, 1.82) is 0 Å². The summed E-state index contributed by atoms with van der Waals surface area (Å²) in [5.74, 6) is 1.47. The molecule has 1 amide bonds. The summed E-state index contributed by atoms with van der Waals surface area (Å²) in [6.07, 6.45) is 2.19. The van der Waals surface area contributed by atoms with Gasteiger partial charge in [0.05, 0.1) is 11.6 Å². The number of rotatable bonds is 3. The molecule has 0 saturated carbocycles. The van der Waals surface area contributed by atoms with E-state index < -0.39 is 0 Å². The first-order valence-corrected chi connectivity index (χ1v) is 6.74. The summed E-state index contributed by atoms with van der Waals surface area (Å²) in [5, 5.41) is 13.8. The number of fused-ring (bicyclic) bond motifs is 1. The number of anilines is 2. The molecule has 1 fully saturated rings. The van der Waals surface area contributed by atoms with Crippen LogP contribution in [0.4, 0.5) is 11.8 Å². The second kappa shape index (κ2) is 5.32. The Morgan fingerprint density at radius 2 is 2.30 bits per heavy atom. The van der Waals surface area contributed by atoms with Crippen LogP contribution >= 0.6 is 0 Å². The van der Waals surface area contributed by atoms with Gasteiger partial charge in [0.25, 0.3) is 0 Å². The summed E-state index contributed by atoms with van der Waals surface area (Å²) in [4.78, 5) is 22.5. The quantitative estimate of drug-likeness (QED) is 0.735. The Kier molecular flexibility index (Phi) is 3.36. The molecule has 3 N–H and O–H groups in total. The summed E-state index contributed by atoms with van der Waals surface area (Å²) < 4.78 is 0. The third-order valence-corrected chi connectivity index (χ3v) is 3.24. The average Bonchev–Trinajstić information content (AvgIpc) is 2.80. The molecule has 8 nitrogen and oxygen atoms in total. The molecule has 3 rings (SSSR count). The summed E-state index contributed by atoms with van der Waals surface area (Å²) in [7, 11) is 0. The minimum absolute atomic E-state index is 0.0805. The standard InChI is InChI=1S/C12H17N7O/c1-2-13-12-16-10-8(7-15-18-10)11(17-12)19-5-3-9(20)14-4-6-19/h7H,2-6H2,1H3,(H,14,20)(H2,13,15,16,17,18). The fourth-order valence-electron chi connectivity index (χ4n) is 2.28. The van der Waals surface area contributed by atoms with Crippen LogP contribution in [0, 0.1) is 0 Å². The van der Waals surface area contributed by atoms with Gasteiger partial charge in [0, 0.05) is 32.6 Å². The molecule has 1 saturated heterocycles. The van der Waals surface area contributed by atoms with Gasteiger partial charge in [0.2, 0.25) is 11.9 Å². The summed E-state index contributed by atoms with van der Waals surface area (Å²) in [6, 6.07) is 0. The van der Waals surface area contributed by atoms with Gasteiger partial charge in [-0.25, -0.2) is 0 Å². The van der Waals surface area contributed by atoms with Crippen molar-refractivity contribution in [3.8, 4) is 0 Å². The summed E-state index contributed by atoms with van der Waals surface area (Å²) >= 11 is 0. The lowest BCUT2D eigenvalue weighted by Gasteiger charge is -2.21. The van der Waals surface area contributed by atoms with Gasteiger partial charge in [-0.3, -0.25) is 9.89 Å². The van der Waals surface area contributed by atoms with E-state index >= 15 is 0 Å². The van der Waals surface area contributed by atoms with Crippen LogP contribution in [0.1, 0.15) is 13.3 Å². The smallest absolute Gasteiger partial charge is 0.226 e. The maximum absolute atomic E-state index is 11.4. The molecule has 1 aliphatic heterocycles. The van der Waals surface area contributed by atoms with E-state index in [0.717, 1.165) is 24.3 Å². The average molecular weight is 275 g/mol. The molecule has 0 atom stereocenters. The lowest BCUT2D eigenvalue weighted by molar-refractivity contribution is -0.120. The Labute approximate surface area is 116 Å². The maximum atomic E-state index is 11.4. The summed E-state index contributed by atoms with van der Waals surface area (Å²) in [5.41, 5.74) is 0.703. The van der Waals surface area contributed by atoms with Gasteiger partial charge in [-0.05, 0) is 6.92 Å². The van der Waals surface area contributed by atoms with Crippen molar-refractivity contribution in [2.45, 2.75) is 13.3 Å². The zero-order valence-electron chi connectivity index (χ0n) is 11.3. The van der Waals surface area contributed by atoms with E-state index in [1.165, 1.54) is 0 Å². The van der Waals surface area contributed by atoms with E-state index in [1.807, 2.05) is 6.92 Å². The highest BCUT2D eigenvalue weighted by Crippen LogP contribution is 2.24. The Hall–Kier alpha value is -2.38. The van der Waals surface area contributed by atoms with Crippen LogP contribution in [0.2, 0.25) is 0 Å². The van der Waals surface area contributed by atoms with E-state index in [2.05, 4.69) is 35.7 Å². The third kappa shape index (κ3) is 2.36. The SMILES string of the molecule is CCNc1nc(N2CCNC(=O)CC2)c2cn[nH]c2n1. The van der Waals surface area contributed by atoms with Crippen LogP contribution < -0.4 is 15.5 Å². The minimum atomic E-state index is 0.0805. The van der Waals surface area contributed by atoms with Crippen molar-refractivity contribution in [2.75, 3.05) is 36.4 Å². The van der Waals surface area contributed by atoms with E-state index in [1.54, 1.807) is 6.20 Å². The van der Waals surface area contributed by atoms with Gasteiger partial charge >= 0.3 is 0 Å². The van der Waals surface area contributed by atoms with Crippen molar-refractivity contribution >= 4 is 28.7 Å². The predicted molar refractivity (Wildman–Crippen MR) is 75.7 cm³/mol. The largest absolute Gasteiger partial charge is 0.354 e. The molecular formula is C12H17N7O. The number of carbonyl (C=O) groups excluding carboxylic acids is 1. The molecule has 0 unspecified atom stereocenters. The molecule has 3 heterocycles. The molecular weight excluding hydrogens is 258 g/mol. The van der Waals surface area contributed by atoms with Crippen LogP contribution in [-0.4, -0.2) is 52.3 Å². The zero-order chi connectivity index (χ0) is 13.9. The molecule has 0 bridgehead atoms. The number of nitrogens with one attached hydrogen (secondary N) is 3. The number of aromatic nitrogens is 4. The molecule has 2 aromatic heterocycles. The second-order valence-electron chi connectivity index (χ2n) is 4.62. The Bertz CT molecular complexity index is 623. The molecule has 0 radical (unpaired) electrons. The molecule has 8 heteroatoms. The van der Waals surface area contributed by atoms with Crippen molar-refractivity contribution < 1.29 is 4.79 Å². The Morgan fingerprint density at radius 3 is 3.15 bits per heavy atom.